The van der Waals surface area contributed by atoms with Crippen molar-refractivity contribution in [3.8, 4) is 10.6 Å². The van der Waals surface area contributed by atoms with Gasteiger partial charge in [-0.3, -0.25) is 4.79 Å². The highest BCUT2D eigenvalue weighted by atomic mass is 32.1. The number of hydrogen-bond acceptors (Lipinski definition) is 4. The summed E-state index contributed by atoms with van der Waals surface area (Å²) in [7, 11) is 0. The highest BCUT2D eigenvalue weighted by molar-refractivity contribution is 7.13. The lowest BCUT2D eigenvalue weighted by Crippen LogP contribution is -2.08. The highest BCUT2D eigenvalue weighted by Gasteiger charge is 2.09. The predicted molar refractivity (Wildman–Crippen MR) is 92.2 cm³/mol. The first kappa shape index (κ1) is 16.3. The van der Waals surface area contributed by atoms with Gasteiger partial charge >= 0.3 is 5.97 Å². The van der Waals surface area contributed by atoms with Crippen molar-refractivity contribution in [2.75, 3.05) is 0 Å². The highest BCUT2D eigenvalue weighted by Crippen LogP contribution is 2.24. The Kier molecular flexibility index (Phi) is 5.01. The number of aromatic nitrogens is 1. The maximum absolute atomic E-state index is 12.9. The van der Waals surface area contributed by atoms with Gasteiger partial charge in [0.25, 0.3) is 0 Å². The molecule has 0 unspecified atom stereocenters. The lowest BCUT2D eigenvalue weighted by molar-refractivity contribution is -0.144. The van der Waals surface area contributed by atoms with Crippen LogP contribution in [0.25, 0.3) is 10.6 Å². The van der Waals surface area contributed by atoms with Gasteiger partial charge in [-0.2, -0.15) is 0 Å². The van der Waals surface area contributed by atoms with E-state index in [1.807, 2.05) is 36.6 Å². The van der Waals surface area contributed by atoms with Gasteiger partial charge in [-0.1, -0.05) is 29.8 Å². The first-order valence-electron chi connectivity index (χ1n) is 7.52. The second kappa shape index (κ2) is 7.36. The first-order valence-corrected chi connectivity index (χ1v) is 8.39. The van der Waals surface area contributed by atoms with Gasteiger partial charge < -0.3 is 4.74 Å². The maximum Gasteiger partial charge on any atom is 0.310 e. The van der Waals surface area contributed by atoms with Crippen molar-refractivity contribution >= 4 is 17.3 Å². The van der Waals surface area contributed by atoms with Crippen molar-refractivity contribution in [1.82, 2.24) is 4.98 Å². The summed E-state index contributed by atoms with van der Waals surface area (Å²) in [6.07, 6.45) is 0.245. The summed E-state index contributed by atoms with van der Waals surface area (Å²) in [6.45, 7) is 2.14. The number of carbonyl (C=O) groups excluding carboxylic acids is 1. The third-order valence-electron chi connectivity index (χ3n) is 3.49. The fourth-order valence-electron chi connectivity index (χ4n) is 2.18. The Morgan fingerprint density at radius 3 is 2.54 bits per heavy atom. The average Bonchev–Trinajstić information content (AvgIpc) is 3.05. The molecule has 3 rings (SSSR count). The second-order valence-electron chi connectivity index (χ2n) is 5.47. The van der Waals surface area contributed by atoms with Gasteiger partial charge in [-0.05, 0) is 36.8 Å². The number of nitrogens with zero attached hydrogens (tertiary/aromatic N) is 1. The zero-order chi connectivity index (χ0) is 16.9. The SMILES string of the molecule is Cc1ccc(CC(=O)OCc2csc(-c3ccc(F)cc3)n2)cc1. The van der Waals surface area contributed by atoms with E-state index >= 15 is 0 Å². The van der Waals surface area contributed by atoms with Crippen LogP contribution in [-0.4, -0.2) is 11.0 Å². The molecule has 0 bridgehead atoms. The zero-order valence-corrected chi connectivity index (χ0v) is 14.0. The Morgan fingerprint density at radius 1 is 1.12 bits per heavy atom. The molecule has 0 spiro atoms. The molecule has 0 aliphatic carbocycles. The topological polar surface area (TPSA) is 39.2 Å². The summed E-state index contributed by atoms with van der Waals surface area (Å²) >= 11 is 1.44. The van der Waals surface area contributed by atoms with E-state index in [0.717, 1.165) is 21.7 Å². The summed E-state index contributed by atoms with van der Waals surface area (Å²) in [5, 5.41) is 2.62. The Bertz CT molecular complexity index is 825. The van der Waals surface area contributed by atoms with Gasteiger partial charge in [0, 0.05) is 10.9 Å². The molecule has 5 heteroatoms. The standard InChI is InChI=1S/C19H16FNO2S/c1-13-2-4-14(5-3-13)10-18(22)23-11-17-12-24-19(21-17)15-6-8-16(20)9-7-15/h2-9,12H,10-11H2,1H3. The number of halogens is 1. The van der Waals surface area contributed by atoms with Crippen molar-refractivity contribution < 1.29 is 13.9 Å². The quantitative estimate of drug-likeness (QED) is 0.640. The lowest BCUT2D eigenvalue weighted by Gasteiger charge is -2.03. The lowest BCUT2D eigenvalue weighted by atomic mass is 10.1. The molecule has 0 saturated carbocycles. The van der Waals surface area contributed by atoms with Gasteiger partial charge in [0.2, 0.25) is 0 Å². The molecule has 1 heterocycles. The summed E-state index contributed by atoms with van der Waals surface area (Å²) in [4.78, 5) is 16.3. The number of aryl methyl sites for hydroxylation is 1. The van der Waals surface area contributed by atoms with Crippen molar-refractivity contribution in [3.05, 3.63) is 76.5 Å². The molecule has 24 heavy (non-hydrogen) atoms. The largest absolute Gasteiger partial charge is 0.459 e. The maximum atomic E-state index is 12.9. The number of rotatable bonds is 5. The molecule has 0 aliphatic rings. The molecule has 3 nitrogen and oxygen atoms in total. The Hall–Kier alpha value is -2.53. The van der Waals surface area contributed by atoms with Gasteiger partial charge in [0.05, 0.1) is 12.1 Å². The molecular formula is C19H16FNO2S. The summed E-state index contributed by atoms with van der Waals surface area (Å²) in [6, 6.07) is 14.0. The number of thiazole rings is 1. The van der Waals surface area contributed by atoms with E-state index in [-0.39, 0.29) is 24.8 Å². The zero-order valence-electron chi connectivity index (χ0n) is 13.2. The summed E-state index contributed by atoms with van der Waals surface area (Å²) in [5.74, 6) is -0.559. The van der Waals surface area contributed by atoms with Crippen LogP contribution >= 0.6 is 11.3 Å². The van der Waals surface area contributed by atoms with Crippen molar-refractivity contribution in [3.63, 3.8) is 0 Å². The number of carbonyl (C=O) groups is 1. The number of esters is 1. The van der Waals surface area contributed by atoms with Crippen molar-refractivity contribution in [1.29, 1.82) is 0 Å². The van der Waals surface area contributed by atoms with Gasteiger partial charge in [0.1, 0.15) is 17.4 Å². The molecule has 0 N–H and O–H groups in total. The van der Waals surface area contributed by atoms with E-state index < -0.39 is 0 Å². The van der Waals surface area contributed by atoms with E-state index in [0.29, 0.717) is 5.69 Å². The third kappa shape index (κ3) is 4.26. The molecule has 3 aromatic rings. The van der Waals surface area contributed by atoms with Crippen LogP contribution in [0.4, 0.5) is 4.39 Å². The van der Waals surface area contributed by atoms with Crippen LogP contribution in [0.3, 0.4) is 0 Å². The van der Waals surface area contributed by atoms with Gasteiger partial charge in [-0.25, -0.2) is 9.37 Å². The fourth-order valence-corrected chi connectivity index (χ4v) is 2.99. The van der Waals surface area contributed by atoms with Crippen LogP contribution < -0.4 is 0 Å². The van der Waals surface area contributed by atoms with E-state index in [1.165, 1.54) is 23.5 Å². The molecule has 0 atom stereocenters. The first-order chi connectivity index (χ1) is 11.6. The Labute approximate surface area is 143 Å². The van der Waals surface area contributed by atoms with Crippen LogP contribution in [0.1, 0.15) is 16.8 Å². The van der Waals surface area contributed by atoms with Crippen molar-refractivity contribution in [2.24, 2.45) is 0 Å². The monoisotopic (exact) mass is 341 g/mol. The Balaban J connectivity index is 1.56. The van der Waals surface area contributed by atoms with E-state index in [1.54, 1.807) is 12.1 Å². The van der Waals surface area contributed by atoms with E-state index in [9.17, 15) is 9.18 Å². The summed E-state index contributed by atoms with van der Waals surface area (Å²) in [5.41, 5.74) is 3.62. The van der Waals surface area contributed by atoms with E-state index in [2.05, 4.69) is 4.98 Å². The Morgan fingerprint density at radius 2 is 1.83 bits per heavy atom. The molecule has 122 valence electrons. The summed E-state index contributed by atoms with van der Waals surface area (Å²) < 4.78 is 18.2. The van der Waals surface area contributed by atoms with Crippen LogP contribution in [0.2, 0.25) is 0 Å². The molecule has 2 aromatic carbocycles. The van der Waals surface area contributed by atoms with Crippen LogP contribution in [0, 0.1) is 12.7 Å². The van der Waals surface area contributed by atoms with Crippen LogP contribution in [0.15, 0.2) is 53.9 Å². The van der Waals surface area contributed by atoms with Crippen molar-refractivity contribution in [2.45, 2.75) is 20.0 Å². The smallest absolute Gasteiger partial charge is 0.310 e. The fraction of sp³-hybridized carbons (Fsp3) is 0.158. The molecule has 0 radical (unpaired) electrons. The van der Waals surface area contributed by atoms with Gasteiger partial charge in [0.15, 0.2) is 0 Å². The molecule has 0 aliphatic heterocycles. The molecule has 0 fully saturated rings. The third-order valence-corrected chi connectivity index (χ3v) is 4.43. The minimum absolute atomic E-state index is 0.141. The van der Waals surface area contributed by atoms with Crippen LogP contribution in [0.5, 0.6) is 0 Å². The minimum atomic E-state index is -0.282. The number of ether oxygens (including phenoxy) is 1. The molecule has 0 amide bonds. The van der Waals surface area contributed by atoms with Crippen LogP contribution in [-0.2, 0) is 22.6 Å². The second-order valence-corrected chi connectivity index (χ2v) is 6.33. The van der Waals surface area contributed by atoms with E-state index in [4.69, 9.17) is 4.74 Å². The average molecular weight is 341 g/mol. The minimum Gasteiger partial charge on any atom is -0.459 e. The molecule has 0 saturated heterocycles. The number of hydrogen-bond donors (Lipinski definition) is 0. The van der Waals surface area contributed by atoms with Gasteiger partial charge in [-0.15, -0.1) is 11.3 Å². The number of benzene rings is 2. The predicted octanol–water partition coefficient (Wildman–Crippen LogP) is 4.54. The molecule has 1 aromatic heterocycles. The molecular weight excluding hydrogens is 325 g/mol. The normalized spacial score (nSPS) is 10.6.